The lowest BCUT2D eigenvalue weighted by Crippen LogP contribution is -2.21. The SMILES string of the molecule is CCn1ncc2c(F)cc(-c3[nH]c(=O)c(C(/C=C4\OC(=O)NC4=O)C(C)C)cc3Cl)cc21. The molecule has 0 saturated carbocycles. The summed E-state index contributed by atoms with van der Waals surface area (Å²) in [5.74, 6) is -2.00. The molecule has 2 amide bonds. The molecule has 3 heterocycles. The standard InChI is InChI=1S/C22H20ClFN4O4/c1-4-28-17-6-11(5-16(24)14(17)9-25-28)19-15(23)7-13(20(29)26-19)12(10(2)3)8-18-21(30)27-22(31)32-18/h5-10,12H,4H2,1-3H3,(H,26,29)(H,27,30,31)/b18-8-. The quantitative estimate of drug-likeness (QED) is 0.560. The van der Waals surface area contributed by atoms with E-state index < -0.39 is 29.3 Å². The number of aromatic amines is 1. The van der Waals surface area contributed by atoms with E-state index in [-0.39, 0.29) is 28.0 Å². The van der Waals surface area contributed by atoms with E-state index in [0.29, 0.717) is 23.0 Å². The minimum absolute atomic E-state index is 0.120. The summed E-state index contributed by atoms with van der Waals surface area (Å²) in [6.45, 7) is 6.15. The average Bonchev–Trinajstić information content (AvgIpc) is 3.29. The second-order valence-electron chi connectivity index (χ2n) is 7.77. The number of carbonyl (C=O) groups excluding carboxylic acids is 2. The maximum absolute atomic E-state index is 14.6. The van der Waals surface area contributed by atoms with Crippen LogP contribution in [0.3, 0.4) is 0 Å². The number of benzene rings is 1. The average molecular weight is 459 g/mol. The van der Waals surface area contributed by atoms with Gasteiger partial charge in [-0.15, -0.1) is 0 Å². The van der Waals surface area contributed by atoms with Gasteiger partial charge in [-0.25, -0.2) is 9.18 Å². The van der Waals surface area contributed by atoms with Gasteiger partial charge in [-0.1, -0.05) is 25.4 Å². The molecule has 0 spiro atoms. The summed E-state index contributed by atoms with van der Waals surface area (Å²) in [4.78, 5) is 38.9. The van der Waals surface area contributed by atoms with E-state index in [1.807, 2.05) is 26.1 Å². The molecule has 1 aliphatic rings. The molecule has 2 N–H and O–H groups in total. The van der Waals surface area contributed by atoms with Crippen molar-refractivity contribution in [3.05, 3.63) is 63.0 Å². The van der Waals surface area contributed by atoms with Crippen molar-refractivity contribution in [2.45, 2.75) is 33.2 Å². The number of halogens is 2. The number of nitrogens with one attached hydrogen (secondary N) is 2. The van der Waals surface area contributed by atoms with Crippen molar-refractivity contribution in [1.82, 2.24) is 20.1 Å². The predicted molar refractivity (Wildman–Crippen MR) is 117 cm³/mol. The minimum Gasteiger partial charge on any atom is -0.404 e. The number of rotatable bonds is 5. The Balaban J connectivity index is 1.81. The first kappa shape index (κ1) is 21.8. The molecule has 2 aromatic heterocycles. The molecule has 10 heteroatoms. The summed E-state index contributed by atoms with van der Waals surface area (Å²) in [6, 6.07) is 4.51. The summed E-state index contributed by atoms with van der Waals surface area (Å²) in [5, 5.41) is 6.77. The number of fused-ring (bicyclic) bond motifs is 1. The van der Waals surface area contributed by atoms with Crippen LogP contribution in [0.2, 0.25) is 5.02 Å². The Morgan fingerprint density at radius 3 is 2.62 bits per heavy atom. The van der Waals surface area contributed by atoms with Gasteiger partial charge in [0.1, 0.15) is 5.82 Å². The van der Waals surface area contributed by atoms with Crippen molar-refractivity contribution < 1.29 is 18.7 Å². The van der Waals surface area contributed by atoms with Gasteiger partial charge in [0.15, 0.2) is 5.76 Å². The van der Waals surface area contributed by atoms with E-state index in [9.17, 15) is 18.8 Å². The van der Waals surface area contributed by atoms with Gasteiger partial charge in [-0.2, -0.15) is 5.10 Å². The van der Waals surface area contributed by atoms with Crippen LogP contribution >= 0.6 is 11.6 Å². The van der Waals surface area contributed by atoms with Gasteiger partial charge in [0.25, 0.3) is 11.5 Å². The molecule has 0 bridgehead atoms. The van der Waals surface area contributed by atoms with Crippen LogP contribution in [0.1, 0.15) is 32.3 Å². The molecule has 8 nitrogen and oxygen atoms in total. The topological polar surface area (TPSA) is 106 Å². The van der Waals surface area contributed by atoms with Crippen LogP contribution in [0.5, 0.6) is 0 Å². The number of hydrogen-bond donors (Lipinski definition) is 2. The number of hydrogen-bond acceptors (Lipinski definition) is 5. The zero-order chi connectivity index (χ0) is 23.2. The second kappa shape index (κ2) is 8.23. The molecule has 3 aromatic rings. The maximum Gasteiger partial charge on any atom is 0.419 e. The number of allylic oxidation sites excluding steroid dienone is 1. The monoisotopic (exact) mass is 458 g/mol. The van der Waals surface area contributed by atoms with Crippen LogP contribution in [0.4, 0.5) is 9.18 Å². The van der Waals surface area contributed by atoms with E-state index in [1.165, 1.54) is 24.4 Å². The molecule has 1 saturated heterocycles. The second-order valence-corrected chi connectivity index (χ2v) is 8.18. The van der Waals surface area contributed by atoms with Crippen LogP contribution in [0.15, 0.2) is 41.0 Å². The van der Waals surface area contributed by atoms with E-state index in [4.69, 9.17) is 16.3 Å². The Bertz CT molecular complexity index is 1340. The smallest absolute Gasteiger partial charge is 0.404 e. The van der Waals surface area contributed by atoms with Crippen molar-refractivity contribution in [3.63, 3.8) is 0 Å². The van der Waals surface area contributed by atoms with Crippen LogP contribution in [0.25, 0.3) is 22.2 Å². The van der Waals surface area contributed by atoms with Crippen molar-refractivity contribution in [2.75, 3.05) is 0 Å². The highest BCUT2D eigenvalue weighted by molar-refractivity contribution is 6.33. The lowest BCUT2D eigenvalue weighted by Gasteiger charge is -2.18. The van der Waals surface area contributed by atoms with E-state index >= 15 is 0 Å². The Morgan fingerprint density at radius 2 is 2.00 bits per heavy atom. The van der Waals surface area contributed by atoms with Crippen molar-refractivity contribution in [2.24, 2.45) is 5.92 Å². The van der Waals surface area contributed by atoms with E-state index in [1.54, 1.807) is 10.7 Å². The van der Waals surface area contributed by atoms with Crippen LogP contribution in [-0.4, -0.2) is 26.8 Å². The summed E-state index contributed by atoms with van der Waals surface area (Å²) >= 11 is 6.50. The third-order valence-corrected chi connectivity index (χ3v) is 5.67. The Morgan fingerprint density at radius 1 is 1.25 bits per heavy atom. The van der Waals surface area contributed by atoms with Gasteiger partial charge >= 0.3 is 6.09 Å². The Hall–Kier alpha value is -3.46. The molecule has 32 heavy (non-hydrogen) atoms. The molecular weight excluding hydrogens is 439 g/mol. The third kappa shape index (κ3) is 3.80. The highest BCUT2D eigenvalue weighted by Gasteiger charge is 2.29. The normalized spacial score (nSPS) is 16.1. The van der Waals surface area contributed by atoms with Crippen LogP contribution in [-0.2, 0) is 16.1 Å². The predicted octanol–water partition coefficient (Wildman–Crippen LogP) is 4.09. The molecule has 1 fully saturated rings. The number of alkyl carbamates (subject to hydrolysis) is 1. The zero-order valence-corrected chi connectivity index (χ0v) is 18.3. The van der Waals surface area contributed by atoms with Gasteiger partial charge in [0.05, 0.1) is 27.8 Å². The molecule has 1 aromatic carbocycles. The number of ether oxygens (including phenoxy) is 1. The van der Waals surface area contributed by atoms with Gasteiger partial charge in [0.2, 0.25) is 0 Å². The molecule has 1 unspecified atom stereocenters. The first-order valence-electron chi connectivity index (χ1n) is 10.0. The number of aryl methyl sites for hydroxylation is 1. The molecule has 4 rings (SSSR count). The van der Waals surface area contributed by atoms with Gasteiger partial charge in [-0.3, -0.25) is 19.6 Å². The molecular formula is C22H20ClFN4O4. The number of aromatic nitrogens is 3. The molecule has 1 atom stereocenters. The number of amides is 2. The van der Waals surface area contributed by atoms with Crippen LogP contribution in [0, 0.1) is 11.7 Å². The fourth-order valence-electron chi connectivity index (χ4n) is 3.75. The molecule has 0 aliphatic carbocycles. The molecule has 166 valence electrons. The number of carbonyl (C=O) groups is 2. The van der Waals surface area contributed by atoms with Crippen molar-refractivity contribution in [3.8, 4) is 11.3 Å². The summed E-state index contributed by atoms with van der Waals surface area (Å²) in [6.07, 6.45) is 2.02. The third-order valence-electron chi connectivity index (χ3n) is 5.37. The number of imide groups is 1. The number of pyridine rings is 1. The van der Waals surface area contributed by atoms with Gasteiger partial charge < -0.3 is 9.72 Å². The number of H-pyrrole nitrogens is 1. The fourth-order valence-corrected chi connectivity index (χ4v) is 4.02. The lowest BCUT2D eigenvalue weighted by molar-refractivity contribution is -0.116. The Kier molecular flexibility index (Phi) is 5.60. The highest BCUT2D eigenvalue weighted by atomic mass is 35.5. The van der Waals surface area contributed by atoms with Crippen LogP contribution < -0.4 is 10.9 Å². The first-order valence-corrected chi connectivity index (χ1v) is 10.4. The molecule has 1 aliphatic heterocycles. The molecule has 0 radical (unpaired) electrons. The highest BCUT2D eigenvalue weighted by Crippen LogP contribution is 2.33. The zero-order valence-electron chi connectivity index (χ0n) is 17.5. The first-order chi connectivity index (χ1) is 15.2. The van der Waals surface area contributed by atoms with E-state index in [2.05, 4.69) is 10.1 Å². The summed E-state index contributed by atoms with van der Waals surface area (Å²) in [7, 11) is 0. The van der Waals surface area contributed by atoms with Crippen molar-refractivity contribution in [1.29, 1.82) is 0 Å². The number of nitrogens with zero attached hydrogens (tertiary/aromatic N) is 2. The summed E-state index contributed by atoms with van der Waals surface area (Å²) in [5.41, 5.74) is 1.10. The number of cyclic esters (lactones) is 1. The van der Waals surface area contributed by atoms with Gasteiger partial charge in [0, 0.05) is 23.6 Å². The maximum atomic E-state index is 14.6. The lowest BCUT2D eigenvalue weighted by atomic mass is 9.88. The van der Waals surface area contributed by atoms with Gasteiger partial charge in [-0.05, 0) is 37.1 Å². The fraction of sp³-hybridized carbons (Fsp3) is 0.273. The summed E-state index contributed by atoms with van der Waals surface area (Å²) < 4.78 is 21.2. The van der Waals surface area contributed by atoms with Crippen molar-refractivity contribution >= 4 is 34.5 Å². The minimum atomic E-state index is -0.866. The largest absolute Gasteiger partial charge is 0.419 e. The Labute approximate surface area is 187 Å². The van der Waals surface area contributed by atoms with E-state index in [0.717, 1.165) is 0 Å².